The third-order valence-electron chi connectivity index (χ3n) is 1.68. The Morgan fingerprint density at radius 2 is 1.94 bits per heavy atom. The molecule has 1 rings (SSSR count). The van der Waals surface area contributed by atoms with E-state index in [1.54, 1.807) is 17.0 Å². The van der Waals surface area contributed by atoms with Gasteiger partial charge in [0.25, 0.3) is 10.0 Å². The highest BCUT2D eigenvalue weighted by Gasteiger charge is 2.11. The van der Waals surface area contributed by atoms with Gasteiger partial charge in [-0.1, -0.05) is 17.7 Å². The highest BCUT2D eigenvalue weighted by Crippen LogP contribution is 2.09. The summed E-state index contributed by atoms with van der Waals surface area (Å²) >= 11 is 0. The molecule has 0 aliphatic heterocycles. The number of nitrogens with zero attached hydrogens (tertiary/aromatic N) is 1. The number of nitrogens with one attached hydrogen (secondary N) is 1. The highest BCUT2D eigenvalue weighted by atomic mass is 32.2. The van der Waals surface area contributed by atoms with E-state index in [-0.39, 0.29) is 4.90 Å². The lowest BCUT2D eigenvalue weighted by Crippen LogP contribution is -2.19. The van der Waals surface area contributed by atoms with E-state index in [1.165, 1.54) is 12.1 Å². The summed E-state index contributed by atoms with van der Waals surface area (Å²) in [6.45, 7) is 1.83. The van der Waals surface area contributed by atoms with Gasteiger partial charge in [0.05, 0.1) is 4.90 Å². The van der Waals surface area contributed by atoms with Gasteiger partial charge in [0.2, 0.25) is 0 Å². The van der Waals surface area contributed by atoms with E-state index in [4.69, 9.17) is 5.11 Å². The molecule has 0 spiro atoms. The van der Waals surface area contributed by atoms with E-state index < -0.39 is 16.0 Å². The molecule has 0 bridgehead atoms. The number of hydrogen-bond donors (Lipinski definition) is 2. The van der Waals surface area contributed by atoms with Crippen molar-refractivity contribution in [3.63, 3.8) is 0 Å². The largest absolute Gasteiger partial charge is 0.477 e. The van der Waals surface area contributed by atoms with Crippen molar-refractivity contribution in [1.82, 2.24) is 4.83 Å². The van der Waals surface area contributed by atoms with Crippen LogP contribution in [0.2, 0.25) is 0 Å². The van der Waals surface area contributed by atoms with Gasteiger partial charge in [-0.25, -0.2) is 4.79 Å². The van der Waals surface area contributed by atoms with E-state index in [1.807, 2.05) is 6.92 Å². The summed E-state index contributed by atoms with van der Waals surface area (Å²) in [6, 6.07) is 6.09. The molecule has 6 nitrogen and oxygen atoms in total. The first-order valence-corrected chi connectivity index (χ1v) is 5.74. The van der Waals surface area contributed by atoms with Gasteiger partial charge in [-0.15, -0.1) is 0 Å². The first-order valence-electron chi connectivity index (χ1n) is 4.26. The van der Waals surface area contributed by atoms with E-state index in [0.29, 0.717) is 6.21 Å². The summed E-state index contributed by atoms with van der Waals surface area (Å²) in [5.41, 5.74) is 0.924. The fraction of sp³-hybridized carbons (Fsp3) is 0.111. The summed E-state index contributed by atoms with van der Waals surface area (Å²) in [4.78, 5) is 11.9. The predicted molar refractivity (Wildman–Crippen MR) is 57.6 cm³/mol. The monoisotopic (exact) mass is 242 g/mol. The minimum Gasteiger partial charge on any atom is -0.477 e. The van der Waals surface area contributed by atoms with Crippen LogP contribution < -0.4 is 4.83 Å². The van der Waals surface area contributed by atoms with Crippen LogP contribution in [0.25, 0.3) is 0 Å². The second-order valence-corrected chi connectivity index (χ2v) is 4.67. The molecule has 0 radical (unpaired) electrons. The molecule has 2 N–H and O–H groups in total. The third-order valence-corrected chi connectivity index (χ3v) is 2.92. The van der Waals surface area contributed by atoms with Crippen molar-refractivity contribution in [3.05, 3.63) is 29.8 Å². The van der Waals surface area contributed by atoms with Gasteiger partial charge in [-0.05, 0) is 19.1 Å². The van der Waals surface area contributed by atoms with Crippen molar-refractivity contribution in [2.24, 2.45) is 5.10 Å². The zero-order chi connectivity index (χ0) is 12.2. The Hall–Kier alpha value is -1.89. The second-order valence-electron chi connectivity index (χ2n) is 3.00. The summed E-state index contributed by atoms with van der Waals surface area (Å²) in [6.07, 6.45) is 0.464. The van der Waals surface area contributed by atoms with Crippen molar-refractivity contribution >= 4 is 22.2 Å². The Kier molecular flexibility index (Phi) is 3.62. The van der Waals surface area contributed by atoms with Crippen molar-refractivity contribution < 1.29 is 18.3 Å². The average molecular weight is 242 g/mol. The molecule has 16 heavy (non-hydrogen) atoms. The van der Waals surface area contributed by atoms with Gasteiger partial charge in [0.1, 0.15) is 6.21 Å². The minimum absolute atomic E-state index is 0.0284. The maximum absolute atomic E-state index is 11.5. The number of aryl methyl sites for hydroxylation is 1. The van der Waals surface area contributed by atoms with E-state index in [9.17, 15) is 13.2 Å². The van der Waals surface area contributed by atoms with Crippen molar-refractivity contribution in [1.29, 1.82) is 0 Å². The van der Waals surface area contributed by atoms with Gasteiger partial charge in [0, 0.05) is 0 Å². The van der Waals surface area contributed by atoms with Crippen LogP contribution in [-0.2, 0) is 14.8 Å². The topological polar surface area (TPSA) is 95.8 Å². The predicted octanol–water partition coefficient (Wildman–Crippen LogP) is 0.344. The smallest absolute Gasteiger partial charge is 0.348 e. The molecule has 0 saturated carbocycles. The first-order chi connectivity index (χ1) is 7.42. The molecule has 0 atom stereocenters. The second kappa shape index (κ2) is 4.75. The molecule has 0 heterocycles. The van der Waals surface area contributed by atoms with Crippen LogP contribution in [-0.4, -0.2) is 25.7 Å². The van der Waals surface area contributed by atoms with Gasteiger partial charge in [-0.3, -0.25) is 0 Å². The lowest BCUT2D eigenvalue weighted by molar-refractivity contribution is -0.128. The molecule has 1 aromatic carbocycles. The fourth-order valence-corrected chi connectivity index (χ4v) is 1.71. The number of rotatable bonds is 4. The lowest BCUT2D eigenvalue weighted by Gasteiger charge is -2.02. The molecule has 7 heteroatoms. The number of sulfonamides is 1. The molecule has 0 saturated heterocycles. The van der Waals surface area contributed by atoms with Crippen molar-refractivity contribution in [2.45, 2.75) is 11.8 Å². The maximum Gasteiger partial charge on any atom is 0.348 e. The number of carbonyl (C=O) groups is 1. The van der Waals surface area contributed by atoms with Crippen LogP contribution in [0.1, 0.15) is 5.56 Å². The average Bonchev–Trinajstić information content (AvgIpc) is 2.17. The Labute approximate surface area is 92.7 Å². The molecule has 0 fully saturated rings. The van der Waals surface area contributed by atoms with Crippen LogP contribution in [0.5, 0.6) is 0 Å². The van der Waals surface area contributed by atoms with Crippen LogP contribution in [0.3, 0.4) is 0 Å². The molecule has 0 aliphatic rings. The molecular formula is C9H10N2O4S. The summed E-state index contributed by atoms with van der Waals surface area (Å²) in [5.74, 6) is -1.33. The lowest BCUT2D eigenvalue weighted by atomic mass is 10.2. The summed E-state index contributed by atoms with van der Waals surface area (Å²) < 4.78 is 23.0. The van der Waals surface area contributed by atoms with Crippen LogP contribution >= 0.6 is 0 Å². The number of aliphatic carboxylic acids is 1. The Morgan fingerprint density at radius 1 is 1.38 bits per heavy atom. The van der Waals surface area contributed by atoms with Crippen LogP contribution in [0.15, 0.2) is 34.3 Å². The summed E-state index contributed by atoms with van der Waals surface area (Å²) in [7, 11) is -3.78. The third kappa shape index (κ3) is 3.35. The van der Waals surface area contributed by atoms with Crippen molar-refractivity contribution in [3.8, 4) is 0 Å². The number of carboxylic acid groups (broad SMARTS) is 1. The first kappa shape index (κ1) is 12.2. The molecule has 0 amide bonds. The van der Waals surface area contributed by atoms with Gasteiger partial charge >= 0.3 is 5.97 Å². The minimum atomic E-state index is -3.78. The molecule has 86 valence electrons. The summed E-state index contributed by atoms with van der Waals surface area (Å²) in [5, 5.41) is 11.3. The van der Waals surface area contributed by atoms with Gasteiger partial charge in [0.15, 0.2) is 0 Å². The van der Waals surface area contributed by atoms with Crippen LogP contribution in [0, 0.1) is 6.92 Å². The Balaban J connectivity index is 2.86. The van der Waals surface area contributed by atoms with E-state index >= 15 is 0 Å². The van der Waals surface area contributed by atoms with Gasteiger partial charge in [-0.2, -0.15) is 18.4 Å². The SMILES string of the molecule is Cc1ccc(S(=O)(=O)N/N=C\C(=O)O)cc1. The number of hydrogen-bond acceptors (Lipinski definition) is 4. The molecule has 0 aliphatic carbocycles. The maximum atomic E-state index is 11.5. The number of benzene rings is 1. The number of hydrazone groups is 1. The van der Waals surface area contributed by atoms with Gasteiger partial charge < -0.3 is 5.11 Å². The highest BCUT2D eigenvalue weighted by molar-refractivity contribution is 7.89. The standard InChI is InChI=1S/C9H10N2O4S/c1-7-2-4-8(5-3-7)16(14,15)11-10-6-9(12)13/h2-6,11H,1H3,(H,12,13)/b10-6-. The Morgan fingerprint density at radius 3 is 2.44 bits per heavy atom. The zero-order valence-electron chi connectivity index (χ0n) is 8.41. The molecule has 0 aromatic heterocycles. The molecular weight excluding hydrogens is 232 g/mol. The van der Waals surface area contributed by atoms with E-state index in [2.05, 4.69) is 5.10 Å². The Bertz CT molecular complexity index is 505. The molecule has 0 unspecified atom stereocenters. The van der Waals surface area contributed by atoms with E-state index in [0.717, 1.165) is 5.56 Å². The number of carboxylic acids is 1. The quantitative estimate of drug-likeness (QED) is 0.588. The van der Waals surface area contributed by atoms with Crippen LogP contribution in [0.4, 0.5) is 0 Å². The molecule has 1 aromatic rings. The fourth-order valence-electron chi connectivity index (χ4n) is 0.921. The normalized spacial score (nSPS) is 11.6. The van der Waals surface area contributed by atoms with Crippen molar-refractivity contribution in [2.75, 3.05) is 0 Å². The zero-order valence-corrected chi connectivity index (χ0v) is 9.23.